The standard InChI is InChI=1S/C20H21I3N2O9.C17H17I3N2O6.C17H19I3N2O3/c1-8(2)18(28)31-6-7-32-20(30)34-11(5)33-19(29)12-13(21)16(24-9(3)26)15(23)17(14(12)22)25-10(4)27;1-7(2)16(25)27-5-6-28-17(26)10-11(18)14(21-8(3)23)13(20)15(12(10)19)22-9(4)24;1-8(2)17(25)21-7-5-6-11(24)12-13(18)9(3)14(19)16(15(12)20)22-10(4)23/h11H,1,6-7H2,2-5H3,(H,24,26)(H,25,27);1,5-6H2,2-4H3,(H,21,23)(H,22,24);1,5-7H2,2-4H3,(H,21,25)(H,22,23). The maximum atomic E-state index is 12.9. The molecule has 0 aliphatic rings. The van der Waals surface area contributed by atoms with Gasteiger partial charge in [-0.2, -0.15) is 0 Å². The molecule has 1 atom stereocenters. The first kappa shape index (κ1) is 82.1. The minimum absolute atomic E-state index is 0.00414. The van der Waals surface area contributed by atoms with Crippen molar-refractivity contribution in [1.82, 2.24) is 5.32 Å². The van der Waals surface area contributed by atoms with E-state index in [1.807, 2.05) is 142 Å². The largest absolute Gasteiger partial charge is 0.511 e. The lowest BCUT2D eigenvalue weighted by Crippen LogP contribution is -2.25. The molecule has 0 aliphatic heterocycles. The number of Topliss-reactive ketones (excluding diaryl/α,β-unsaturated/α-hetero) is 1. The Morgan fingerprint density at radius 2 is 0.747 bits per heavy atom. The molecule has 6 amide bonds. The summed E-state index contributed by atoms with van der Waals surface area (Å²) in [7, 11) is 0. The van der Waals surface area contributed by atoms with Gasteiger partial charge in [0.15, 0.2) is 5.78 Å². The molecule has 0 fully saturated rings. The van der Waals surface area contributed by atoms with Gasteiger partial charge in [-0.05, 0) is 243 Å². The first-order valence-electron chi connectivity index (χ1n) is 24.6. The highest BCUT2D eigenvalue weighted by Gasteiger charge is 2.30. The molecule has 0 saturated carbocycles. The number of amides is 6. The lowest BCUT2D eigenvalue weighted by molar-refractivity contribution is -0.141. The second-order valence-electron chi connectivity index (χ2n) is 17.6. The van der Waals surface area contributed by atoms with Crippen LogP contribution in [-0.4, -0.2) is 111 Å². The molecule has 1 unspecified atom stereocenters. The maximum Gasteiger partial charge on any atom is 0.511 e. The van der Waals surface area contributed by atoms with Crippen molar-refractivity contribution in [2.75, 3.05) is 59.6 Å². The van der Waals surface area contributed by atoms with E-state index in [2.05, 4.69) is 119 Å². The topological polar surface area (TPSA) is 332 Å². The fourth-order valence-electron chi connectivity index (χ4n) is 6.13. The second kappa shape index (κ2) is 40.2. The molecule has 0 spiro atoms. The van der Waals surface area contributed by atoms with Crippen molar-refractivity contribution in [2.45, 2.75) is 88.4 Å². The van der Waals surface area contributed by atoms with E-state index in [-0.39, 0.29) is 89.9 Å². The SMILES string of the molecule is C=C(C)C(=O)NCCCC(=O)c1c(I)c(C)c(I)c(NC(C)=O)c1I.C=C(C)C(=O)OCCOC(=O)OC(C)OC(=O)c1c(I)c(NC(C)=O)c(I)c(NC(C)=O)c1I.C=C(C)C(=O)OCCOC(=O)c1c(I)c(NC(C)=O)c(I)c(NC(C)=O)c1I. The Morgan fingerprint density at radius 3 is 1.10 bits per heavy atom. The van der Waals surface area contributed by atoms with Crippen molar-refractivity contribution in [2.24, 2.45) is 0 Å². The van der Waals surface area contributed by atoms with Gasteiger partial charge in [-0.1, -0.05) is 19.7 Å². The predicted molar refractivity (Wildman–Crippen MR) is 401 cm³/mol. The molecule has 33 heteroatoms. The zero-order valence-corrected chi connectivity index (χ0v) is 67.3. The molecule has 0 heterocycles. The van der Waals surface area contributed by atoms with E-state index in [1.165, 1.54) is 55.4 Å². The van der Waals surface area contributed by atoms with E-state index in [1.54, 1.807) is 6.92 Å². The lowest BCUT2D eigenvalue weighted by Gasteiger charge is -2.20. The molecule has 3 aromatic carbocycles. The van der Waals surface area contributed by atoms with Gasteiger partial charge in [-0.3, -0.25) is 33.6 Å². The first-order valence-corrected chi connectivity index (χ1v) is 34.3. The van der Waals surface area contributed by atoms with Gasteiger partial charge in [0.2, 0.25) is 41.7 Å². The van der Waals surface area contributed by atoms with Crippen LogP contribution < -0.4 is 31.9 Å². The number of rotatable bonds is 23. The summed E-state index contributed by atoms with van der Waals surface area (Å²) in [6.07, 6.45) is -1.61. The fraction of sp³-hybridized carbons (Fsp3) is 0.333. The summed E-state index contributed by atoms with van der Waals surface area (Å²) in [6, 6.07) is 0. The highest BCUT2D eigenvalue weighted by atomic mass is 127. The summed E-state index contributed by atoms with van der Waals surface area (Å²) < 4.78 is 35.1. The van der Waals surface area contributed by atoms with Crippen LogP contribution in [0, 0.1) is 39.1 Å². The van der Waals surface area contributed by atoms with Crippen LogP contribution >= 0.6 is 203 Å². The van der Waals surface area contributed by atoms with Gasteiger partial charge in [0.1, 0.15) is 26.4 Å². The van der Waals surface area contributed by atoms with E-state index >= 15 is 0 Å². The normalized spacial score (nSPS) is 10.5. The summed E-state index contributed by atoms with van der Waals surface area (Å²) in [5, 5.41) is 16.2. The number of esters is 4. The number of carbonyl (C=O) groups is 12. The van der Waals surface area contributed by atoms with Gasteiger partial charge in [0, 0.05) is 87.5 Å². The van der Waals surface area contributed by atoms with Crippen LogP contribution in [0.1, 0.15) is 112 Å². The van der Waals surface area contributed by atoms with Crippen LogP contribution in [-0.2, 0) is 66.8 Å². The Kier molecular flexibility index (Phi) is 37.9. The van der Waals surface area contributed by atoms with E-state index < -0.39 is 36.3 Å². The third-order valence-corrected chi connectivity index (χ3v) is 20.2. The predicted octanol–water partition coefficient (Wildman–Crippen LogP) is 12.3. The molecule has 3 aromatic rings. The number of anilines is 5. The molecular weight excluding hydrogens is 2160 g/mol. The molecule has 6 N–H and O–H groups in total. The van der Waals surface area contributed by atoms with Crippen LogP contribution in [0.15, 0.2) is 36.5 Å². The van der Waals surface area contributed by atoms with Crippen molar-refractivity contribution < 1.29 is 86.0 Å². The lowest BCUT2D eigenvalue weighted by atomic mass is 10.0. The van der Waals surface area contributed by atoms with Crippen molar-refractivity contribution in [1.29, 1.82) is 0 Å². The quantitative estimate of drug-likeness (QED) is 0.00977. The van der Waals surface area contributed by atoms with E-state index in [9.17, 15) is 57.5 Å². The second-order valence-corrected chi connectivity index (χ2v) is 27.3. The molecular formula is C54H57I9N6O18. The van der Waals surface area contributed by atoms with Crippen molar-refractivity contribution in [3.63, 3.8) is 0 Å². The van der Waals surface area contributed by atoms with Crippen LogP contribution in [0.4, 0.5) is 33.2 Å². The number of ether oxygens (including phenoxy) is 6. The van der Waals surface area contributed by atoms with Crippen LogP contribution in [0.25, 0.3) is 0 Å². The Balaban J connectivity index is 0.000000661. The van der Waals surface area contributed by atoms with Gasteiger partial charge in [0.05, 0.1) is 61.0 Å². The number of hydrogen-bond acceptors (Lipinski definition) is 18. The first-order chi connectivity index (χ1) is 40.3. The average molecular weight is 2220 g/mol. The number of benzene rings is 3. The van der Waals surface area contributed by atoms with Crippen molar-refractivity contribution >= 4 is 303 Å². The molecule has 87 heavy (non-hydrogen) atoms. The summed E-state index contributed by atoms with van der Waals surface area (Å²) in [6.45, 7) is 24.7. The number of halogens is 9. The molecule has 3 rings (SSSR count). The third-order valence-electron chi connectivity index (χ3n) is 9.93. The smallest absolute Gasteiger partial charge is 0.459 e. The number of hydrogen-bond donors (Lipinski definition) is 6. The minimum atomic E-state index is -1.34. The number of nitrogens with one attached hydrogen (secondary N) is 6. The summed E-state index contributed by atoms with van der Waals surface area (Å²) >= 11 is 18.0. The Labute approximate surface area is 624 Å². The highest BCUT2D eigenvalue weighted by molar-refractivity contribution is 14.1. The highest BCUT2D eigenvalue weighted by Crippen LogP contribution is 2.41. The monoisotopic (exact) mass is 2220 g/mol. The summed E-state index contributed by atoms with van der Waals surface area (Å²) in [4.78, 5) is 142. The molecule has 0 radical (unpaired) electrons. The van der Waals surface area contributed by atoms with Crippen molar-refractivity contribution in [3.8, 4) is 0 Å². The van der Waals surface area contributed by atoms with E-state index in [0.717, 1.165) is 16.3 Å². The zero-order chi connectivity index (χ0) is 67.1. The molecule has 0 aliphatic carbocycles. The number of carbonyl (C=O) groups excluding carboxylic acids is 12. The van der Waals surface area contributed by atoms with Gasteiger partial charge in [-0.15, -0.1) is 0 Å². The van der Waals surface area contributed by atoms with Gasteiger partial charge >= 0.3 is 30.0 Å². The molecule has 0 bridgehead atoms. The van der Waals surface area contributed by atoms with E-state index in [0.29, 0.717) is 80.4 Å². The van der Waals surface area contributed by atoms with Crippen LogP contribution in [0.5, 0.6) is 0 Å². The summed E-state index contributed by atoms with van der Waals surface area (Å²) in [5.74, 6) is -4.50. The number of ketones is 1. The molecule has 24 nitrogen and oxygen atoms in total. The van der Waals surface area contributed by atoms with Gasteiger partial charge in [-0.25, -0.2) is 24.0 Å². The van der Waals surface area contributed by atoms with Gasteiger partial charge in [0.25, 0.3) is 0 Å². The van der Waals surface area contributed by atoms with Crippen LogP contribution in [0.3, 0.4) is 0 Å². The summed E-state index contributed by atoms with van der Waals surface area (Å²) in [5.41, 5.74) is 4.89. The Hall–Kier alpha value is -2.91. The van der Waals surface area contributed by atoms with Crippen LogP contribution in [0.2, 0.25) is 0 Å². The molecule has 0 saturated heterocycles. The molecule has 474 valence electrons. The third kappa shape index (κ3) is 27.1. The fourth-order valence-corrected chi connectivity index (χ4v) is 18.5. The maximum absolute atomic E-state index is 12.9. The van der Waals surface area contributed by atoms with E-state index in [4.69, 9.17) is 28.4 Å². The van der Waals surface area contributed by atoms with Gasteiger partial charge < -0.3 is 60.3 Å². The molecule has 0 aromatic heterocycles. The Bertz CT molecular complexity index is 3210. The average Bonchev–Trinajstić information content (AvgIpc) is 0.917. The Morgan fingerprint density at radius 1 is 0.414 bits per heavy atom. The van der Waals surface area contributed by atoms with Crippen molar-refractivity contribution in [3.05, 3.63) is 90.8 Å². The minimum Gasteiger partial charge on any atom is -0.459 e. The zero-order valence-electron chi connectivity index (χ0n) is 47.9.